The van der Waals surface area contributed by atoms with Crippen LogP contribution in [0, 0.1) is 0 Å². The fourth-order valence-corrected chi connectivity index (χ4v) is 4.62. The van der Waals surface area contributed by atoms with Crippen molar-refractivity contribution in [3.63, 3.8) is 0 Å². The zero-order valence-electron chi connectivity index (χ0n) is 16.1. The fourth-order valence-electron chi connectivity index (χ4n) is 4.26. The second kappa shape index (κ2) is 7.53. The molecule has 0 saturated carbocycles. The number of H-pyrrole nitrogens is 1. The molecular weight excluding hydrogens is 382 g/mol. The smallest absolute Gasteiger partial charge is 0.251 e. The summed E-state index contributed by atoms with van der Waals surface area (Å²) in [5.41, 5.74) is 6.02. The maximum absolute atomic E-state index is 12.7. The standard InChI is InChI=1S/C24H22ClN3O/c25-23-18-6-2-4-8-21(18)28-22-13-15(9-10-19(22)23)24(29)26-12-11-16-14-27-20-7-3-1-5-17(16)20/h1,3,5,7,9-10,13-14,27H,2,4,6,8,11-12H2,(H,26,29). The van der Waals surface area contributed by atoms with Crippen molar-refractivity contribution in [3.8, 4) is 0 Å². The van der Waals surface area contributed by atoms with E-state index in [1.807, 2.05) is 36.5 Å². The minimum atomic E-state index is -0.0811. The van der Waals surface area contributed by atoms with Crippen molar-refractivity contribution in [2.45, 2.75) is 32.1 Å². The summed E-state index contributed by atoms with van der Waals surface area (Å²) < 4.78 is 0. The topological polar surface area (TPSA) is 57.8 Å². The van der Waals surface area contributed by atoms with Crippen LogP contribution >= 0.6 is 11.6 Å². The van der Waals surface area contributed by atoms with Gasteiger partial charge in [-0.15, -0.1) is 0 Å². The quantitative estimate of drug-likeness (QED) is 0.490. The van der Waals surface area contributed by atoms with Gasteiger partial charge in [0, 0.05) is 40.3 Å². The third-order valence-corrected chi connectivity index (χ3v) is 6.24. The highest BCUT2D eigenvalue weighted by Crippen LogP contribution is 2.33. The maximum atomic E-state index is 12.7. The molecule has 0 radical (unpaired) electrons. The summed E-state index contributed by atoms with van der Waals surface area (Å²) in [6.07, 6.45) is 7.06. The Kier molecular flexibility index (Phi) is 4.72. The van der Waals surface area contributed by atoms with E-state index in [0.717, 1.165) is 59.2 Å². The second-order valence-electron chi connectivity index (χ2n) is 7.66. The summed E-state index contributed by atoms with van der Waals surface area (Å²) in [6, 6.07) is 13.8. The summed E-state index contributed by atoms with van der Waals surface area (Å²) in [5, 5.41) is 5.97. The van der Waals surface area contributed by atoms with Crippen molar-refractivity contribution in [1.29, 1.82) is 0 Å². The molecule has 2 aromatic carbocycles. The van der Waals surface area contributed by atoms with Gasteiger partial charge in [-0.2, -0.15) is 0 Å². The number of aryl methyl sites for hydroxylation is 1. The number of fused-ring (bicyclic) bond motifs is 3. The molecular formula is C24H22ClN3O. The largest absolute Gasteiger partial charge is 0.361 e. The second-order valence-corrected chi connectivity index (χ2v) is 8.03. The van der Waals surface area contributed by atoms with Crippen LogP contribution in [0.15, 0.2) is 48.7 Å². The Balaban J connectivity index is 1.33. The molecule has 0 bridgehead atoms. The molecule has 2 N–H and O–H groups in total. The van der Waals surface area contributed by atoms with E-state index >= 15 is 0 Å². The van der Waals surface area contributed by atoms with Gasteiger partial charge in [-0.25, -0.2) is 0 Å². The van der Waals surface area contributed by atoms with Crippen molar-refractivity contribution in [2.75, 3.05) is 6.54 Å². The molecule has 0 unspecified atom stereocenters. The molecule has 1 aliphatic rings. The average molecular weight is 404 g/mol. The van der Waals surface area contributed by atoms with Gasteiger partial charge in [-0.1, -0.05) is 35.9 Å². The molecule has 29 heavy (non-hydrogen) atoms. The molecule has 0 atom stereocenters. The van der Waals surface area contributed by atoms with E-state index in [4.69, 9.17) is 16.6 Å². The van der Waals surface area contributed by atoms with E-state index in [9.17, 15) is 4.79 Å². The zero-order chi connectivity index (χ0) is 19.8. The summed E-state index contributed by atoms with van der Waals surface area (Å²) in [5.74, 6) is -0.0811. The molecule has 0 saturated heterocycles. The van der Waals surface area contributed by atoms with Crippen LogP contribution in [0.1, 0.15) is 40.0 Å². The number of aromatic nitrogens is 2. The van der Waals surface area contributed by atoms with Crippen molar-refractivity contribution in [1.82, 2.24) is 15.3 Å². The maximum Gasteiger partial charge on any atom is 0.251 e. The van der Waals surface area contributed by atoms with Crippen LogP contribution in [0.3, 0.4) is 0 Å². The summed E-state index contributed by atoms with van der Waals surface area (Å²) in [4.78, 5) is 20.8. The molecule has 0 spiro atoms. The predicted molar refractivity (Wildman–Crippen MR) is 118 cm³/mol. The molecule has 1 aliphatic carbocycles. The molecule has 4 aromatic rings. The lowest BCUT2D eigenvalue weighted by atomic mass is 9.94. The highest BCUT2D eigenvalue weighted by molar-refractivity contribution is 6.36. The van der Waals surface area contributed by atoms with Gasteiger partial charge in [0.05, 0.1) is 10.5 Å². The first kappa shape index (κ1) is 18.2. The lowest BCUT2D eigenvalue weighted by Gasteiger charge is -2.18. The number of hydrogen-bond donors (Lipinski definition) is 2. The first-order valence-electron chi connectivity index (χ1n) is 10.1. The van der Waals surface area contributed by atoms with E-state index in [-0.39, 0.29) is 5.91 Å². The number of carbonyl (C=O) groups excluding carboxylic acids is 1. The summed E-state index contributed by atoms with van der Waals surface area (Å²) in [7, 11) is 0. The summed E-state index contributed by atoms with van der Waals surface area (Å²) in [6.45, 7) is 0.580. The molecule has 146 valence electrons. The number of para-hydroxylation sites is 1. The van der Waals surface area contributed by atoms with Crippen molar-refractivity contribution >= 4 is 39.3 Å². The molecule has 4 nitrogen and oxygen atoms in total. The average Bonchev–Trinajstić information content (AvgIpc) is 3.17. The van der Waals surface area contributed by atoms with Crippen molar-refractivity contribution < 1.29 is 4.79 Å². The number of rotatable bonds is 4. The molecule has 0 aliphatic heterocycles. The molecule has 1 amide bonds. The predicted octanol–water partition coefficient (Wildman–Crippen LogP) is 5.22. The van der Waals surface area contributed by atoms with Gasteiger partial charge in [0.1, 0.15) is 0 Å². The van der Waals surface area contributed by atoms with Crippen molar-refractivity contribution in [3.05, 3.63) is 76.1 Å². The third kappa shape index (κ3) is 3.38. The van der Waals surface area contributed by atoms with E-state index in [1.54, 1.807) is 0 Å². The highest BCUT2D eigenvalue weighted by Gasteiger charge is 2.18. The van der Waals surface area contributed by atoms with Crippen LogP contribution in [0.25, 0.3) is 21.8 Å². The number of pyridine rings is 1. The third-order valence-electron chi connectivity index (χ3n) is 5.81. The summed E-state index contributed by atoms with van der Waals surface area (Å²) >= 11 is 6.64. The molecule has 2 heterocycles. The van der Waals surface area contributed by atoms with Crippen LogP contribution < -0.4 is 5.32 Å². The monoisotopic (exact) mass is 403 g/mol. The highest BCUT2D eigenvalue weighted by atomic mass is 35.5. The Labute approximate surface area is 174 Å². The van der Waals surface area contributed by atoms with Crippen LogP contribution in [-0.4, -0.2) is 22.4 Å². The van der Waals surface area contributed by atoms with Gasteiger partial charge in [0.25, 0.3) is 5.91 Å². The minimum absolute atomic E-state index is 0.0811. The Morgan fingerprint density at radius 1 is 1.10 bits per heavy atom. The van der Waals surface area contributed by atoms with Crippen LogP contribution in [0.2, 0.25) is 5.02 Å². The van der Waals surface area contributed by atoms with E-state index in [0.29, 0.717) is 12.1 Å². The fraction of sp³-hybridized carbons (Fsp3) is 0.250. The number of halogens is 1. The first-order chi connectivity index (χ1) is 14.2. The van der Waals surface area contributed by atoms with E-state index < -0.39 is 0 Å². The van der Waals surface area contributed by atoms with Gasteiger partial charge in [-0.05, 0) is 61.4 Å². The number of aromatic amines is 1. The SMILES string of the molecule is O=C(NCCc1c[nH]c2ccccc12)c1ccc2c(Cl)c3c(nc2c1)CCCC3. The Morgan fingerprint density at radius 2 is 1.97 bits per heavy atom. The van der Waals surface area contributed by atoms with E-state index in [1.165, 1.54) is 16.5 Å². The number of amides is 1. The molecule has 2 aromatic heterocycles. The Hall–Kier alpha value is -2.85. The van der Waals surface area contributed by atoms with Gasteiger partial charge >= 0.3 is 0 Å². The van der Waals surface area contributed by atoms with E-state index in [2.05, 4.69) is 22.4 Å². The normalized spacial score (nSPS) is 13.6. The first-order valence-corrected chi connectivity index (χ1v) is 10.5. The number of carbonyl (C=O) groups is 1. The van der Waals surface area contributed by atoms with Gasteiger partial charge in [-0.3, -0.25) is 9.78 Å². The van der Waals surface area contributed by atoms with Crippen LogP contribution in [0.4, 0.5) is 0 Å². The lowest BCUT2D eigenvalue weighted by molar-refractivity contribution is 0.0954. The van der Waals surface area contributed by atoms with Crippen LogP contribution in [0.5, 0.6) is 0 Å². The van der Waals surface area contributed by atoms with Gasteiger partial charge < -0.3 is 10.3 Å². The number of benzene rings is 2. The minimum Gasteiger partial charge on any atom is -0.361 e. The number of nitrogens with zero attached hydrogens (tertiary/aromatic N) is 1. The Bertz CT molecular complexity index is 1230. The number of nitrogens with one attached hydrogen (secondary N) is 2. The number of hydrogen-bond acceptors (Lipinski definition) is 2. The molecule has 5 heteroatoms. The Morgan fingerprint density at radius 3 is 2.90 bits per heavy atom. The molecule has 5 rings (SSSR count). The zero-order valence-corrected chi connectivity index (χ0v) is 16.9. The van der Waals surface area contributed by atoms with Gasteiger partial charge in [0.15, 0.2) is 0 Å². The lowest BCUT2D eigenvalue weighted by Crippen LogP contribution is -2.25. The molecule has 0 fully saturated rings. The van der Waals surface area contributed by atoms with Crippen LogP contribution in [-0.2, 0) is 19.3 Å². The van der Waals surface area contributed by atoms with Gasteiger partial charge in [0.2, 0.25) is 0 Å². The van der Waals surface area contributed by atoms with Crippen molar-refractivity contribution in [2.24, 2.45) is 0 Å².